The zero-order valence-electron chi connectivity index (χ0n) is 6.77. The molecular weight excluding hydrogens is 164 g/mol. The summed E-state index contributed by atoms with van der Waals surface area (Å²) in [7, 11) is 0. The van der Waals surface area contributed by atoms with E-state index in [1.807, 2.05) is 0 Å². The second-order valence-corrected chi connectivity index (χ2v) is 2.33. The fourth-order valence-electron chi connectivity index (χ4n) is 0.681. The maximum atomic E-state index is 10.5. The van der Waals surface area contributed by atoms with E-state index in [2.05, 4.69) is 4.74 Å². The molecule has 2 atom stereocenters. The van der Waals surface area contributed by atoms with Crippen LogP contribution in [0, 0.1) is 0 Å². The summed E-state index contributed by atoms with van der Waals surface area (Å²) in [5, 5.41) is 18.0. The van der Waals surface area contributed by atoms with Gasteiger partial charge in [-0.15, -0.1) is 0 Å². The lowest BCUT2D eigenvalue weighted by Gasteiger charge is -2.13. The van der Waals surface area contributed by atoms with E-state index in [4.69, 9.17) is 10.2 Å². The van der Waals surface area contributed by atoms with Crippen molar-refractivity contribution in [3.8, 4) is 0 Å². The van der Waals surface area contributed by atoms with Crippen LogP contribution < -0.4 is 0 Å². The molecule has 0 rings (SSSR count). The number of hydrogen-bond acceptors (Lipinski definition) is 5. The van der Waals surface area contributed by atoms with E-state index in [0.29, 0.717) is 6.42 Å². The first-order valence-electron chi connectivity index (χ1n) is 3.61. The summed E-state index contributed by atoms with van der Waals surface area (Å²) in [6, 6.07) is 0. The van der Waals surface area contributed by atoms with Crippen LogP contribution >= 0.6 is 0 Å². The van der Waals surface area contributed by atoms with Gasteiger partial charge in [0.15, 0.2) is 0 Å². The number of carbonyl (C=O) groups excluding carboxylic acids is 2. The molecule has 0 spiro atoms. The Labute approximate surface area is 70.0 Å². The molecule has 0 aliphatic rings. The maximum Gasteiger partial charge on any atom is 0.315 e. The largest absolute Gasteiger partial charge is 0.395 e. The van der Waals surface area contributed by atoms with Crippen molar-refractivity contribution in [2.24, 2.45) is 0 Å². The van der Waals surface area contributed by atoms with Crippen molar-refractivity contribution in [1.82, 2.24) is 0 Å². The Morgan fingerprint density at radius 3 is 2.50 bits per heavy atom. The van der Waals surface area contributed by atoms with Crippen LogP contribution in [-0.4, -0.2) is 34.9 Å². The standard InChI is InChI=1S/C7H12O5/c1-2-5(9)6(10)3-7(11)12-4-8/h4-6,9-10H,2-3H2,1H3. The normalized spacial score (nSPS) is 14.9. The Balaban J connectivity index is 3.74. The molecule has 0 heterocycles. The number of hydrogen-bond donors (Lipinski definition) is 2. The van der Waals surface area contributed by atoms with Crippen LogP contribution in [0.2, 0.25) is 0 Å². The summed E-state index contributed by atoms with van der Waals surface area (Å²) in [6.45, 7) is 1.66. The van der Waals surface area contributed by atoms with Gasteiger partial charge in [0.2, 0.25) is 0 Å². The topological polar surface area (TPSA) is 83.8 Å². The fourth-order valence-corrected chi connectivity index (χ4v) is 0.681. The molecule has 5 heteroatoms. The van der Waals surface area contributed by atoms with E-state index in [1.165, 1.54) is 0 Å². The number of aliphatic hydroxyl groups is 2. The van der Waals surface area contributed by atoms with E-state index < -0.39 is 18.2 Å². The lowest BCUT2D eigenvalue weighted by Crippen LogP contribution is -2.28. The molecule has 0 aromatic carbocycles. The monoisotopic (exact) mass is 176 g/mol. The molecule has 0 aliphatic carbocycles. The molecular formula is C7H12O5. The van der Waals surface area contributed by atoms with Gasteiger partial charge in [-0.05, 0) is 6.42 Å². The molecule has 0 aliphatic heterocycles. The zero-order chi connectivity index (χ0) is 9.56. The summed E-state index contributed by atoms with van der Waals surface area (Å²) in [6.07, 6.45) is -2.14. The maximum absolute atomic E-state index is 10.5. The van der Waals surface area contributed by atoms with Gasteiger partial charge < -0.3 is 14.9 Å². The molecule has 0 saturated carbocycles. The van der Waals surface area contributed by atoms with E-state index in [1.54, 1.807) is 6.92 Å². The van der Waals surface area contributed by atoms with Gasteiger partial charge in [0.05, 0.1) is 18.6 Å². The molecule has 0 amide bonds. The minimum Gasteiger partial charge on any atom is -0.395 e. The van der Waals surface area contributed by atoms with Gasteiger partial charge in [-0.3, -0.25) is 9.59 Å². The lowest BCUT2D eigenvalue weighted by atomic mass is 10.1. The van der Waals surface area contributed by atoms with Crippen LogP contribution in [0.25, 0.3) is 0 Å². The number of ether oxygens (including phenoxy) is 1. The fraction of sp³-hybridized carbons (Fsp3) is 0.714. The van der Waals surface area contributed by atoms with E-state index in [9.17, 15) is 9.59 Å². The molecule has 0 aromatic rings. The van der Waals surface area contributed by atoms with Crippen molar-refractivity contribution in [3.05, 3.63) is 0 Å². The molecule has 0 bridgehead atoms. The quantitative estimate of drug-likeness (QED) is 0.326. The number of esters is 1. The molecule has 2 N–H and O–H groups in total. The van der Waals surface area contributed by atoms with E-state index in [-0.39, 0.29) is 12.9 Å². The minimum atomic E-state index is -1.16. The summed E-state index contributed by atoms with van der Waals surface area (Å²) >= 11 is 0. The van der Waals surface area contributed by atoms with Crippen LogP contribution in [-0.2, 0) is 14.3 Å². The van der Waals surface area contributed by atoms with E-state index in [0.717, 1.165) is 0 Å². The highest BCUT2D eigenvalue weighted by Gasteiger charge is 2.18. The zero-order valence-corrected chi connectivity index (χ0v) is 6.77. The van der Waals surface area contributed by atoms with Crippen LogP contribution in [0.5, 0.6) is 0 Å². The van der Waals surface area contributed by atoms with Gasteiger partial charge in [0.25, 0.3) is 0 Å². The summed E-state index contributed by atoms with van der Waals surface area (Å²) in [4.78, 5) is 20.2. The summed E-state index contributed by atoms with van der Waals surface area (Å²) in [5.41, 5.74) is 0. The molecule has 0 fully saturated rings. The van der Waals surface area contributed by atoms with Gasteiger partial charge >= 0.3 is 12.4 Å². The first-order chi connectivity index (χ1) is 5.61. The third-order valence-corrected chi connectivity index (χ3v) is 1.42. The average Bonchev–Trinajstić information content (AvgIpc) is 2.03. The van der Waals surface area contributed by atoms with Crippen molar-refractivity contribution < 1.29 is 24.5 Å². The van der Waals surface area contributed by atoms with Crippen molar-refractivity contribution in [3.63, 3.8) is 0 Å². The minimum absolute atomic E-state index is 0.00657. The summed E-state index contributed by atoms with van der Waals surface area (Å²) in [5.74, 6) is -0.843. The van der Waals surface area contributed by atoms with Crippen molar-refractivity contribution in [2.75, 3.05) is 0 Å². The Morgan fingerprint density at radius 2 is 2.08 bits per heavy atom. The van der Waals surface area contributed by atoms with Crippen LogP contribution in [0.15, 0.2) is 0 Å². The first-order valence-corrected chi connectivity index (χ1v) is 3.61. The lowest BCUT2D eigenvalue weighted by molar-refractivity contribution is -0.154. The highest BCUT2D eigenvalue weighted by atomic mass is 16.6. The average molecular weight is 176 g/mol. The molecule has 0 radical (unpaired) electrons. The van der Waals surface area contributed by atoms with Gasteiger partial charge in [0.1, 0.15) is 0 Å². The molecule has 70 valence electrons. The Morgan fingerprint density at radius 1 is 1.50 bits per heavy atom. The smallest absolute Gasteiger partial charge is 0.315 e. The van der Waals surface area contributed by atoms with Crippen molar-refractivity contribution in [1.29, 1.82) is 0 Å². The third kappa shape index (κ3) is 4.05. The molecule has 2 unspecified atom stereocenters. The first kappa shape index (κ1) is 11.1. The molecule has 0 saturated heterocycles. The predicted molar refractivity (Wildman–Crippen MR) is 39.1 cm³/mol. The van der Waals surface area contributed by atoms with Crippen LogP contribution in [0.3, 0.4) is 0 Å². The SMILES string of the molecule is CCC(O)C(O)CC(=O)OC=O. The Hall–Kier alpha value is -0.940. The highest BCUT2D eigenvalue weighted by Crippen LogP contribution is 2.03. The van der Waals surface area contributed by atoms with Crippen LogP contribution in [0.1, 0.15) is 19.8 Å². The predicted octanol–water partition coefficient (Wildman–Crippen LogP) is -0.792. The Kier molecular flexibility index (Phi) is 5.23. The molecule has 12 heavy (non-hydrogen) atoms. The van der Waals surface area contributed by atoms with E-state index >= 15 is 0 Å². The van der Waals surface area contributed by atoms with Gasteiger partial charge in [0, 0.05) is 0 Å². The second-order valence-electron chi connectivity index (χ2n) is 2.33. The number of rotatable bonds is 5. The van der Waals surface area contributed by atoms with Gasteiger partial charge in [-0.25, -0.2) is 0 Å². The van der Waals surface area contributed by atoms with Gasteiger partial charge in [-0.2, -0.15) is 0 Å². The molecule has 5 nitrogen and oxygen atoms in total. The third-order valence-electron chi connectivity index (χ3n) is 1.42. The van der Waals surface area contributed by atoms with Gasteiger partial charge in [-0.1, -0.05) is 6.92 Å². The van der Waals surface area contributed by atoms with Crippen molar-refractivity contribution in [2.45, 2.75) is 32.0 Å². The second kappa shape index (κ2) is 5.68. The number of aliphatic hydroxyl groups excluding tert-OH is 2. The number of carbonyl (C=O) groups is 2. The van der Waals surface area contributed by atoms with Crippen molar-refractivity contribution >= 4 is 12.4 Å². The Bertz CT molecular complexity index is 156. The molecule has 0 aromatic heterocycles. The van der Waals surface area contributed by atoms with Crippen LogP contribution in [0.4, 0.5) is 0 Å². The highest BCUT2D eigenvalue weighted by molar-refractivity contribution is 5.76. The summed E-state index contributed by atoms with van der Waals surface area (Å²) < 4.78 is 3.92.